The molecule has 0 saturated heterocycles. The van der Waals surface area contributed by atoms with Crippen LogP contribution in [0.4, 0.5) is 0 Å². The molecular formula is C16H26N2O3. The van der Waals surface area contributed by atoms with Crippen molar-refractivity contribution in [3.05, 3.63) is 24.2 Å². The van der Waals surface area contributed by atoms with Gasteiger partial charge in [0.1, 0.15) is 6.04 Å². The van der Waals surface area contributed by atoms with Gasteiger partial charge in [0, 0.05) is 6.54 Å². The second kappa shape index (κ2) is 9.21. The van der Waals surface area contributed by atoms with E-state index in [-0.39, 0.29) is 17.6 Å². The van der Waals surface area contributed by atoms with Gasteiger partial charge in [-0.1, -0.05) is 33.1 Å². The van der Waals surface area contributed by atoms with E-state index in [1.807, 2.05) is 0 Å². The molecule has 0 aliphatic heterocycles. The zero-order valence-electron chi connectivity index (χ0n) is 13.1. The van der Waals surface area contributed by atoms with Crippen molar-refractivity contribution in [3.63, 3.8) is 0 Å². The topological polar surface area (TPSA) is 71.3 Å². The van der Waals surface area contributed by atoms with E-state index in [1.165, 1.54) is 19.1 Å². The quantitative estimate of drug-likeness (QED) is 0.735. The second-order valence-corrected chi connectivity index (χ2v) is 5.33. The lowest BCUT2D eigenvalue weighted by Gasteiger charge is -2.18. The number of nitrogens with one attached hydrogen (secondary N) is 2. The molecule has 0 spiro atoms. The number of rotatable bonds is 9. The summed E-state index contributed by atoms with van der Waals surface area (Å²) in [6, 6.07) is 2.63. The van der Waals surface area contributed by atoms with Gasteiger partial charge in [0.2, 0.25) is 5.91 Å². The molecule has 1 heterocycles. The maximum Gasteiger partial charge on any atom is 0.287 e. The Morgan fingerprint density at radius 3 is 2.67 bits per heavy atom. The van der Waals surface area contributed by atoms with Crippen LogP contribution in [0.25, 0.3) is 0 Å². The van der Waals surface area contributed by atoms with Gasteiger partial charge in [-0.25, -0.2) is 0 Å². The molecule has 1 aromatic heterocycles. The summed E-state index contributed by atoms with van der Waals surface area (Å²) in [6.45, 7) is 6.63. The van der Waals surface area contributed by atoms with E-state index in [4.69, 9.17) is 4.42 Å². The lowest BCUT2D eigenvalue weighted by Crippen LogP contribution is -2.45. The SMILES string of the molecule is CCCCC(CC)CNC(=O)C(C)NC(=O)c1ccco1. The van der Waals surface area contributed by atoms with E-state index < -0.39 is 6.04 Å². The van der Waals surface area contributed by atoms with Crippen molar-refractivity contribution in [1.29, 1.82) is 0 Å². The van der Waals surface area contributed by atoms with Gasteiger partial charge in [-0.05, 0) is 31.4 Å². The fraction of sp³-hybridized carbons (Fsp3) is 0.625. The minimum absolute atomic E-state index is 0.162. The minimum atomic E-state index is -0.578. The Morgan fingerprint density at radius 1 is 1.33 bits per heavy atom. The van der Waals surface area contributed by atoms with Gasteiger partial charge < -0.3 is 15.1 Å². The molecule has 2 atom stereocenters. The highest BCUT2D eigenvalue weighted by Gasteiger charge is 2.18. The lowest BCUT2D eigenvalue weighted by molar-refractivity contribution is -0.122. The zero-order chi connectivity index (χ0) is 15.7. The van der Waals surface area contributed by atoms with E-state index in [0.717, 1.165) is 12.8 Å². The lowest BCUT2D eigenvalue weighted by atomic mass is 9.99. The summed E-state index contributed by atoms with van der Waals surface area (Å²) in [5.74, 6) is 0.177. The molecule has 0 aromatic carbocycles. The maximum atomic E-state index is 12.0. The summed E-state index contributed by atoms with van der Waals surface area (Å²) < 4.78 is 4.99. The number of carbonyl (C=O) groups excluding carboxylic acids is 2. The van der Waals surface area contributed by atoms with Crippen LogP contribution in [0.5, 0.6) is 0 Å². The first-order valence-electron chi connectivity index (χ1n) is 7.70. The number of hydrogen-bond acceptors (Lipinski definition) is 3. The van der Waals surface area contributed by atoms with Gasteiger partial charge in [0.15, 0.2) is 5.76 Å². The summed E-state index contributed by atoms with van der Waals surface area (Å²) in [5, 5.41) is 5.53. The van der Waals surface area contributed by atoms with Crippen LogP contribution in [0.3, 0.4) is 0 Å². The molecule has 1 rings (SSSR count). The van der Waals surface area contributed by atoms with Crippen LogP contribution in [0, 0.1) is 5.92 Å². The summed E-state index contributed by atoms with van der Waals surface area (Å²) in [7, 11) is 0. The third kappa shape index (κ3) is 6.02. The Kier molecular flexibility index (Phi) is 7.58. The first-order valence-corrected chi connectivity index (χ1v) is 7.70. The van der Waals surface area contributed by atoms with Crippen molar-refractivity contribution < 1.29 is 14.0 Å². The van der Waals surface area contributed by atoms with Gasteiger partial charge in [-0.15, -0.1) is 0 Å². The molecule has 2 amide bonds. The molecule has 0 saturated carbocycles. The van der Waals surface area contributed by atoms with Crippen LogP contribution < -0.4 is 10.6 Å². The van der Waals surface area contributed by atoms with E-state index >= 15 is 0 Å². The first kappa shape index (κ1) is 17.3. The number of unbranched alkanes of at least 4 members (excludes halogenated alkanes) is 1. The van der Waals surface area contributed by atoms with Crippen molar-refractivity contribution in [2.45, 2.75) is 52.5 Å². The summed E-state index contributed by atoms with van der Waals surface area (Å²) in [6.07, 6.45) is 5.95. The standard InChI is InChI=1S/C16H26N2O3/c1-4-6-8-13(5-2)11-17-15(19)12(3)18-16(20)14-9-7-10-21-14/h7,9-10,12-13H,4-6,8,11H2,1-3H3,(H,17,19)(H,18,20). The Labute approximate surface area is 126 Å². The Hall–Kier alpha value is -1.78. The van der Waals surface area contributed by atoms with E-state index in [1.54, 1.807) is 19.1 Å². The zero-order valence-corrected chi connectivity index (χ0v) is 13.1. The van der Waals surface area contributed by atoms with Crippen LogP contribution in [0.15, 0.2) is 22.8 Å². The average Bonchev–Trinajstić information content (AvgIpc) is 3.01. The number of hydrogen-bond donors (Lipinski definition) is 2. The van der Waals surface area contributed by atoms with Crippen LogP contribution in [-0.2, 0) is 4.79 Å². The maximum absolute atomic E-state index is 12.0. The summed E-state index contributed by atoms with van der Waals surface area (Å²) >= 11 is 0. The Morgan fingerprint density at radius 2 is 2.10 bits per heavy atom. The Bertz CT molecular complexity index is 429. The molecular weight excluding hydrogens is 268 g/mol. The molecule has 0 bridgehead atoms. The molecule has 0 aliphatic rings. The third-order valence-electron chi connectivity index (χ3n) is 3.59. The van der Waals surface area contributed by atoms with Crippen LogP contribution >= 0.6 is 0 Å². The van der Waals surface area contributed by atoms with E-state index in [0.29, 0.717) is 12.5 Å². The minimum Gasteiger partial charge on any atom is -0.459 e. The summed E-state index contributed by atoms with van der Waals surface area (Å²) in [5.41, 5.74) is 0. The fourth-order valence-electron chi connectivity index (χ4n) is 2.08. The van der Waals surface area contributed by atoms with Gasteiger partial charge in [0.05, 0.1) is 6.26 Å². The van der Waals surface area contributed by atoms with Crippen molar-refractivity contribution in [3.8, 4) is 0 Å². The van der Waals surface area contributed by atoms with Crippen molar-refractivity contribution in [1.82, 2.24) is 10.6 Å². The van der Waals surface area contributed by atoms with Gasteiger partial charge >= 0.3 is 0 Å². The fourth-order valence-corrected chi connectivity index (χ4v) is 2.08. The molecule has 2 N–H and O–H groups in total. The smallest absolute Gasteiger partial charge is 0.287 e. The van der Waals surface area contributed by atoms with Crippen molar-refractivity contribution in [2.24, 2.45) is 5.92 Å². The van der Waals surface area contributed by atoms with Crippen molar-refractivity contribution in [2.75, 3.05) is 6.54 Å². The molecule has 0 fully saturated rings. The van der Waals surface area contributed by atoms with Crippen LogP contribution in [0.2, 0.25) is 0 Å². The highest BCUT2D eigenvalue weighted by atomic mass is 16.3. The van der Waals surface area contributed by atoms with E-state index in [2.05, 4.69) is 24.5 Å². The van der Waals surface area contributed by atoms with E-state index in [9.17, 15) is 9.59 Å². The predicted octanol–water partition coefficient (Wildman–Crippen LogP) is 2.73. The molecule has 0 radical (unpaired) electrons. The number of carbonyl (C=O) groups is 2. The highest BCUT2D eigenvalue weighted by Crippen LogP contribution is 2.11. The molecule has 118 valence electrons. The van der Waals surface area contributed by atoms with Crippen molar-refractivity contribution >= 4 is 11.8 Å². The first-order chi connectivity index (χ1) is 10.1. The predicted molar refractivity (Wildman–Crippen MR) is 82.0 cm³/mol. The molecule has 2 unspecified atom stereocenters. The molecule has 21 heavy (non-hydrogen) atoms. The average molecular weight is 294 g/mol. The molecule has 5 heteroatoms. The van der Waals surface area contributed by atoms with Gasteiger partial charge in [0.25, 0.3) is 5.91 Å². The largest absolute Gasteiger partial charge is 0.459 e. The van der Waals surface area contributed by atoms with Gasteiger partial charge in [-0.3, -0.25) is 9.59 Å². The van der Waals surface area contributed by atoms with Gasteiger partial charge in [-0.2, -0.15) is 0 Å². The number of furan rings is 1. The van der Waals surface area contributed by atoms with Crippen LogP contribution in [-0.4, -0.2) is 24.4 Å². The normalized spacial score (nSPS) is 13.5. The second-order valence-electron chi connectivity index (χ2n) is 5.33. The Balaban J connectivity index is 2.35. The van der Waals surface area contributed by atoms with Crippen LogP contribution in [0.1, 0.15) is 57.0 Å². The third-order valence-corrected chi connectivity index (χ3v) is 3.59. The molecule has 0 aliphatic carbocycles. The number of amides is 2. The highest BCUT2D eigenvalue weighted by molar-refractivity contribution is 5.95. The molecule has 1 aromatic rings. The summed E-state index contributed by atoms with van der Waals surface area (Å²) in [4.78, 5) is 23.8. The monoisotopic (exact) mass is 294 g/mol. The molecule has 5 nitrogen and oxygen atoms in total.